The van der Waals surface area contributed by atoms with Gasteiger partial charge in [0.2, 0.25) is 5.91 Å². The Kier molecular flexibility index (Phi) is 3.48. The zero-order valence-electron chi connectivity index (χ0n) is 11.8. The highest BCUT2D eigenvalue weighted by atomic mass is 16.4. The summed E-state index contributed by atoms with van der Waals surface area (Å²) in [4.78, 5) is 25.3. The number of fused-ring (bicyclic) bond motifs is 1. The molecule has 108 valence electrons. The molecular formula is C16H16N2O3. The Hall–Kier alpha value is -2.56. The maximum atomic E-state index is 12.6. The first-order chi connectivity index (χ1) is 10.1. The molecule has 3 rings (SSSR count). The van der Waals surface area contributed by atoms with Gasteiger partial charge in [-0.25, -0.2) is 0 Å². The van der Waals surface area contributed by atoms with Crippen molar-refractivity contribution in [3.8, 4) is 0 Å². The number of carbonyl (C=O) groups excluding carboxylic acids is 2. The van der Waals surface area contributed by atoms with Crippen molar-refractivity contribution in [3.63, 3.8) is 0 Å². The number of aryl methyl sites for hydroxylation is 1. The van der Waals surface area contributed by atoms with Crippen molar-refractivity contribution in [2.45, 2.75) is 19.8 Å². The van der Waals surface area contributed by atoms with Gasteiger partial charge in [0, 0.05) is 25.2 Å². The zero-order valence-corrected chi connectivity index (χ0v) is 11.8. The summed E-state index contributed by atoms with van der Waals surface area (Å²) in [6.07, 6.45) is 1.91. The molecule has 0 saturated carbocycles. The number of hydrogen-bond acceptors (Lipinski definition) is 3. The minimum atomic E-state index is -0.230. The van der Waals surface area contributed by atoms with Crippen LogP contribution in [0.15, 0.2) is 40.8 Å². The van der Waals surface area contributed by atoms with E-state index in [0.29, 0.717) is 6.54 Å². The van der Waals surface area contributed by atoms with Gasteiger partial charge in [-0.15, -0.1) is 0 Å². The van der Waals surface area contributed by atoms with Crippen LogP contribution in [0.1, 0.15) is 29.5 Å². The summed E-state index contributed by atoms with van der Waals surface area (Å²) in [5.41, 5.74) is 2.11. The van der Waals surface area contributed by atoms with Crippen molar-refractivity contribution < 1.29 is 14.0 Å². The molecule has 1 aliphatic rings. The fourth-order valence-corrected chi connectivity index (χ4v) is 2.57. The number of nitrogens with one attached hydrogen (secondary N) is 1. The van der Waals surface area contributed by atoms with E-state index < -0.39 is 0 Å². The van der Waals surface area contributed by atoms with Gasteiger partial charge in [-0.3, -0.25) is 14.9 Å². The van der Waals surface area contributed by atoms with Gasteiger partial charge in [-0.2, -0.15) is 0 Å². The first-order valence-electron chi connectivity index (χ1n) is 6.92. The summed E-state index contributed by atoms with van der Waals surface area (Å²) in [7, 11) is 0. The molecule has 0 unspecified atom stereocenters. The Labute approximate surface area is 122 Å². The number of benzene rings is 1. The van der Waals surface area contributed by atoms with E-state index in [9.17, 15) is 9.59 Å². The zero-order chi connectivity index (χ0) is 14.8. The summed E-state index contributed by atoms with van der Waals surface area (Å²) < 4.78 is 5.40. The van der Waals surface area contributed by atoms with Crippen molar-refractivity contribution in [1.82, 2.24) is 0 Å². The highest BCUT2D eigenvalue weighted by Crippen LogP contribution is 2.28. The number of amides is 2. The van der Waals surface area contributed by atoms with E-state index in [1.54, 1.807) is 17.0 Å². The Morgan fingerprint density at radius 2 is 2.00 bits per heavy atom. The van der Waals surface area contributed by atoms with Crippen LogP contribution in [0, 0.1) is 0 Å². The molecule has 1 aromatic heterocycles. The number of anilines is 2. The molecule has 5 nitrogen and oxygen atoms in total. The number of carbonyl (C=O) groups is 2. The van der Waals surface area contributed by atoms with E-state index in [0.717, 1.165) is 18.5 Å². The molecule has 1 aliphatic heterocycles. The van der Waals surface area contributed by atoms with Crippen molar-refractivity contribution in [2.75, 3.05) is 16.8 Å². The Morgan fingerprint density at radius 1 is 1.19 bits per heavy atom. The fourth-order valence-electron chi connectivity index (χ4n) is 2.57. The highest BCUT2D eigenvalue weighted by molar-refractivity contribution is 6.05. The number of hydrogen-bond donors (Lipinski definition) is 1. The van der Waals surface area contributed by atoms with Crippen LogP contribution in [0.3, 0.4) is 0 Å². The molecule has 0 spiro atoms. The van der Waals surface area contributed by atoms with Gasteiger partial charge in [0.25, 0.3) is 5.91 Å². The van der Waals surface area contributed by atoms with Crippen LogP contribution < -0.4 is 10.2 Å². The van der Waals surface area contributed by atoms with Gasteiger partial charge in [0.05, 0.1) is 0 Å². The highest BCUT2D eigenvalue weighted by Gasteiger charge is 2.25. The quantitative estimate of drug-likeness (QED) is 0.922. The van der Waals surface area contributed by atoms with E-state index in [4.69, 9.17) is 4.42 Å². The van der Waals surface area contributed by atoms with Crippen LogP contribution in [0.25, 0.3) is 0 Å². The lowest BCUT2D eigenvalue weighted by Gasteiger charge is -2.28. The van der Waals surface area contributed by atoms with Gasteiger partial charge < -0.3 is 9.32 Å². The minimum Gasteiger partial charge on any atom is -0.435 e. The van der Waals surface area contributed by atoms with Crippen LogP contribution in [0.4, 0.5) is 11.6 Å². The third-order valence-corrected chi connectivity index (χ3v) is 3.47. The molecule has 2 heterocycles. The number of para-hydroxylation sites is 1. The third kappa shape index (κ3) is 2.67. The van der Waals surface area contributed by atoms with Crippen molar-refractivity contribution in [3.05, 3.63) is 47.7 Å². The minimum absolute atomic E-state index is 0.182. The lowest BCUT2D eigenvalue weighted by molar-refractivity contribution is -0.114. The first kappa shape index (κ1) is 13.4. The van der Waals surface area contributed by atoms with E-state index in [1.807, 2.05) is 24.3 Å². The summed E-state index contributed by atoms with van der Waals surface area (Å²) in [6.45, 7) is 2.07. The average Bonchev–Trinajstić information content (AvgIpc) is 2.93. The fraction of sp³-hybridized carbons (Fsp3) is 0.250. The van der Waals surface area contributed by atoms with E-state index in [-0.39, 0.29) is 23.5 Å². The molecule has 0 bridgehead atoms. The second kappa shape index (κ2) is 5.44. The molecule has 0 aliphatic carbocycles. The second-order valence-corrected chi connectivity index (χ2v) is 5.03. The molecule has 2 aromatic rings. The Morgan fingerprint density at radius 3 is 2.81 bits per heavy atom. The van der Waals surface area contributed by atoms with E-state index in [1.165, 1.54) is 12.5 Å². The second-order valence-electron chi connectivity index (χ2n) is 5.03. The van der Waals surface area contributed by atoms with Gasteiger partial charge in [-0.05, 0) is 30.5 Å². The van der Waals surface area contributed by atoms with Gasteiger partial charge in [-0.1, -0.05) is 18.2 Å². The summed E-state index contributed by atoms with van der Waals surface area (Å²) in [5.74, 6) is 0.108. The Bertz CT molecular complexity index is 690. The number of rotatable bonds is 2. The van der Waals surface area contributed by atoms with Gasteiger partial charge in [0.1, 0.15) is 0 Å². The molecule has 2 amide bonds. The summed E-state index contributed by atoms with van der Waals surface area (Å²) in [5, 5.41) is 2.53. The average molecular weight is 284 g/mol. The van der Waals surface area contributed by atoms with Crippen LogP contribution in [-0.4, -0.2) is 18.4 Å². The molecule has 0 fully saturated rings. The molecule has 0 saturated heterocycles. The molecule has 1 N–H and O–H groups in total. The lowest BCUT2D eigenvalue weighted by atomic mass is 10.0. The number of furan rings is 1. The smallest absolute Gasteiger partial charge is 0.294 e. The van der Waals surface area contributed by atoms with E-state index in [2.05, 4.69) is 5.32 Å². The maximum Gasteiger partial charge on any atom is 0.294 e. The lowest BCUT2D eigenvalue weighted by Crippen LogP contribution is -2.35. The largest absolute Gasteiger partial charge is 0.435 e. The topological polar surface area (TPSA) is 62.6 Å². The molecular weight excluding hydrogens is 268 g/mol. The van der Waals surface area contributed by atoms with Crippen LogP contribution in [-0.2, 0) is 11.2 Å². The standard InChI is InChI=1S/C16H16N2O3/c1-11(19)17-15-9-8-14(21-15)16(20)18-10-4-6-12-5-2-3-7-13(12)18/h2-3,5,7-9H,4,6,10H2,1H3,(H,17,19). The molecule has 0 radical (unpaired) electrons. The Balaban J connectivity index is 1.86. The van der Waals surface area contributed by atoms with Crippen LogP contribution >= 0.6 is 0 Å². The summed E-state index contributed by atoms with van der Waals surface area (Å²) >= 11 is 0. The molecule has 1 aromatic carbocycles. The SMILES string of the molecule is CC(=O)Nc1ccc(C(=O)N2CCCc3ccccc32)o1. The first-order valence-corrected chi connectivity index (χ1v) is 6.92. The van der Waals surface area contributed by atoms with Crippen LogP contribution in [0.5, 0.6) is 0 Å². The van der Waals surface area contributed by atoms with Crippen molar-refractivity contribution >= 4 is 23.4 Å². The predicted octanol–water partition coefficient (Wildman–Crippen LogP) is 2.83. The van der Waals surface area contributed by atoms with Crippen molar-refractivity contribution in [2.24, 2.45) is 0 Å². The summed E-state index contributed by atoms with van der Waals surface area (Å²) in [6, 6.07) is 11.1. The maximum absolute atomic E-state index is 12.6. The molecule has 0 atom stereocenters. The number of nitrogens with zero attached hydrogens (tertiary/aromatic N) is 1. The molecule has 21 heavy (non-hydrogen) atoms. The van der Waals surface area contributed by atoms with Crippen LogP contribution in [0.2, 0.25) is 0 Å². The normalized spacial score (nSPS) is 13.7. The van der Waals surface area contributed by atoms with Crippen molar-refractivity contribution in [1.29, 1.82) is 0 Å². The predicted molar refractivity (Wildman–Crippen MR) is 79.5 cm³/mol. The van der Waals surface area contributed by atoms with Gasteiger partial charge in [0.15, 0.2) is 11.6 Å². The third-order valence-electron chi connectivity index (χ3n) is 3.47. The molecule has 5 heteroatoms. The van der Waals surface area contributed by atoms with E-state index >= 15 is 0 Å². The monoisotopic (exact) mass is 284 g/mol. The van der Waals surface area contributed by atoms with Gasteiger partial charge >= 0.3 is 0 Å².